The Morgan fingerprint density at radius 2 is 2.36 bits per heavy atom. The average Bonchev–Trinajstić information content (AvgIpc) is 2.74. The molecular formula is C11H17NS2. The standard InChI is InChI=1S/C11H17NS2/c1-8-6-9(7-13-8)10(12)11(2)4-3-5-14-11/h6-7,10H,3-5,12H2,1-2H3. The Labute approximate surface area is 94.1 Å². The van der Waals surface area contributed by atoms with Crippen LogP contribution in [-0.2, 0) is 0 Å². The SMILES string of the molecule is Cc1cc(C(N)C2(C)CCCS2)cs1. The Morgan fingerprint density at radius 1 is 1.57 bits per heavy atom. The zero-order valence-electron chi connectivity index (χ0n) is 8.75. The van der Waals surface area contributed by atoms with E-state index >= 15 is 0 Å². The van der Waals surface area contributed by atoms with Crippen molar-refractivity contribution in [3.05, 3.63) is 21.9 Å². The van der Waals surface area contributed by atoms with Crippen molar-refractivity contribution < 1.29 is 0 Å². The predicted octanol–water partition coefficient (Wildman–Crippen LogP) is 3.34. The molecule has 0 aromatic carbocycles. The second-order valence-electron chi connectivity index (χ2n) is 4.23. The van der Waals surface area contributed by atoms with Crippen LogP contribution < -0.4 is 5.73 Å². The lowest BCUT2D eigenvalue weighted by Crippen LogP contribution is -2.32. The van der Waals surface area contributed by atoms with Gasteiger partial charge < -0.3 is 5.73 Å². The summed E-state index contributed by atoms with van der Waals surface area (Å²) in [7, 11) is 0. The molecule has 1 aromatic rings. The number of rotatable bonds is 2. The predicted molar refractivity (Wildman–Crippen MR) is 66.1 cm³/mol. The molecule has 2 N–H and O–H groups in total. The van der Waals surface area contributed by atoms with Gasteiger partial charge in [-0.3, -0.25) is 0 Å². The first-order chi connectivity index (χ1) is 6.62. The molecule has 1 nitrogen and oxygen atoms in total. The maximum absolute atomic E-state index is 6.33. The highest BCUT2D eigenvalue weighted by atomic mass is 32.2. The van der Waals surface area contributed by atoms with Gasteiger partial charge in [-0.1, -0.05) is 0 Å². The fourth-order valence-corrected chi connectivity index (χ4v) is 4.13. The molecule has 0 aliphatic carbocycles. The van der Waals surface area contributed by atoms with Crippen molar-refractivity contribution in [2.45, 2.75) is 37.5 Å². The van der Waals surface area contributed by atoms with Gasteiger partial charge >= 0.3 is 0 Å². The van der Waals surface area contributed by atoms with Crippen LogP contribution in [0.2, 0.25) is 0 Å². The number of thioether (sulfide) groups is 1. The summed E-state index contributed by atoms with van der Waals surface area (Å²) < 4.78 is 0.271. The average molecular weight is 227 g/mol. The van der Waals surface area contributed by atoms with Crippen LogP contribution in [0, 0.1) is 6.92 Å². The Morgan fingerprint density at radius 3 is 2.86 bits per heavy atom. The minimum absolute atomic E-state index is 0.208. The van der Waals surface area contributed by atoms with E-state index in [2.05, 4.69) is 25.3 Å². The third kappa shape index (κ3) is 1.86. The van der Waals surface area contributed by atoms with Crippen molar-refractivity contribution in [3.63, 3.8) is 0 Å². The van der Waals surface area contributed by atoms with E-state index in [1.54, 1.807) is 11.3 Å². The molecule has 2 unspecified atom stereocenters. The summed E-state index contributed by atoms with van der Waals surface area (Å²) in [4.78, 5) is 1.36. The number of hydrogen-bond acceptors (Lipinski definition) is 3. The van der Waals surface area contributed by atoms with Gasteiger partial charge in [0, 0.05) is 15.7 Å². The van der Waals surface area contributed by atoms with Crippen molar-refractivity contribution in [1.82, 2.24) is 0 Å². The van der Waals surface area contributed by atoms with Crippen LogP contribution in [0.3, 0.4) is 0 Å². The second kappa shape index (κ2) is 3.87. The Bertz CT molecular complexity index is 313. The van der Waals surface area contributed by atoms with Gasteiger partial charge in [0.05, 0.1) is 0 Å². The zero-order chi connectivity index (χ0) is 10.2. The van der Waals surface area contributed by atoms with Gasteiger partial charge in [0.2, 0.25) is 0 Å². The van der Waals surface area contributed by atoms with E-state index < -0.39 is 0 Å². The van der Waals surface area contributed by atoms with E-state index in [1.807, 2.05) is 11.8 Å². The van der Waals surface area contributed by atoms with Crippen LogP contribution in [0.1, 0.15) is 36.2 Å². The summed E-state index contributed by atoms with van der Waals surface area (Å²) in [6, 6.07) is 2.44. The Hall–Kier alpha value is 0.01000. The van der Waals surface area contributed by atoms with Crippen LogP contribution in [-0.4, -0.2) is 10.5 Å². The maximum atomic E-state index is 6.33. The van der Waals surface area contributed by atoms with Gasteiger partial charge in [0.25, 0.3) is 0 Å². The molecule has 2 heterocycles. The fraction of sp³-hybridized carbons (Fsp3) is 0.636. The minimum Gasteiger partial charge on any atom is -0.323 e. The van der Waals surface area contributed by atoms with Gasteiger partial charge in [0.15, 0.2) is 0 Å². The number of nitrogens with two attached hydrogens (primary N) is 1. The molecule has 2 atom stereocenters. The van der Waals surface area contributed by atoms with E-state index in [4.69, 9.17) is 5.73 Å². The van der Waals surface area contributed by atoms with Crippen molar-refractivity contribution in [1.29, 1.82) is 0 Å². The molecule has 1 aromatic heterocycles. The molecule has 2 rings (SSSR count). The van der Waals surface area contributed by atoms with Crippen LogP contribution in [0.15, 0.2) is 11.4 Å². The van der Waals surface area contributed by atoms with Gasteiger partial charge in [-0.15, -0.1) is 11.3 Å². The number of aryl methyl sites for hydroxylation is 1. The monoisotopic (exact) mass is 227 g/mol. The van der Waals surface area contributed by atoms with E-state index in [0.29, 0.717) is 0 Å². The van der Waals surface area contributed by atoms with Crippen LogP contribution in [0.4, 0.5) is 0 Å². The summed E-state index contributed by atoms with van der Waals surface area (Å²) in [6.45, 7) is 4.45. The third-order valence-corrected chi connectivity index (χ3v) is 5.51. The van der Waals surface area contributed by atoms with Crippen LogP contribution >= 0.6 is 23.1 Å². The minimum atomic E-state index is 0.208. The van der Waals surface area contributed by atoms with Gasteiger partial charge in [-0.2, -0.15) is 11.8 Å². The summed E-state index contributed by atoms with van der Waals surface area (Å²) in [5, 5.41) is 2.21. The fourth-order valence-electron chi connectivity index (χ4n) is 2.03. The second-order valence-corrected chi connectivity index (χ2v) is 6.98. The summed E-state index contributed by atoms with van der Waals surface area (Å²) in [5.41, 5.74) is 7.66. The maximum Gasteiger partial charge on any atom is 0.0449 e. The molecule has 0 bridgehead atoms. The van der Waals surface area contributed by atoms with Gasteiger partial charge in [0.1, 0.15) is 0 Å². The smallest absolute Gasteiger partial charge is 0.0449 e. The first kappa shape index (κ1) is 10.5. The molecule has 0 spiro atoms. The highest BCUT2D eigenvalue weighted by Crippen LogP contribution is 2.45. The van der Waals surface area contributed by atoms with E-state index in [-0.39, 0.29) is 10.8 Å². The number of hydrogen-bond donors (Lipinski definition) is 1. The third-order valence-electron chi connectivity index (χ3n) is 3.02. The molecule has 3 heteroatoms. The van der Waals surface area contributed by atoms with Crippen LogP contribution in [0.25, 0.3) is 0 Å². The number of thiophene rings is 1. The lowest BCUT2D eigenvalue weighted by molar-refractivity contribution is 0.503. The summed E-state index contributed by atoms with van der Waals surface area (Å²) >= 11 is 3.84. The van der Waals surface area contributed by atoms with Crippen LogP contribution in [0.5, 0.6) is 0 Å². The lowest BCUT2D eigenvalue weighted by atomic mass is 9.92. The highest BCUT2D eigenvalue weighted by molar-refractivity contribution is 8.00. The topological polar surface area (TPSA) is 26.0 Å². The zero-order valence-corrected chi connectivity index (χ0v) is 10.4. The van der Waals surface area contributed by atoms with Crippen molar-refractivity contribution >= 4 is 23.1 Å². The quantitative estimate of drug-likeness (QED) is 0.838. The van der Waals surface area contributed by atoms with E-state index in [9.17, 15) is 0 Å². The lowest BCUT2D eigenvalue weighted by Gasteiger charge is -2.29. The molecule has 1 aliphatic heterocycles. The first-order valence-corrected chi connectivity index (χ1v) is 6.93. The Kier molecular flexibility index (Phi) is 2.91. The molecule has 1 fully saturated rings. The van der Waals surface area contributed by atoms with Crippen molar-refractivity contribution in [2.75, 3.05) is 5.75 Å². The van der Waals surface area contributed by atoms with Crippen molar-refractivity contribution in [2.24, 2.45) is 5.73 Å². The molecule has 1 saturated heterocycles. The van der Waals surface area contributed by atoms with Crippen molar-refractivity contribution in [3.8, 4) is 0 Å². The van der Waals surface area contributed by atoms with Gasteiger partial charge in [-0.25, -0.2) is 0 Å². The van der Waals surface area contributed by atoms with E-state index in [1.165, 1.54) is 29.0 Å². The molecule has 14 heavy (non-hydrogen) atoms. The van der Waals surface area contributed by atoms with E-state index in [0.717, 1.165) is 0 Å². The molecular weight excluding hydrogens is 210 g/mol. The summed E-state index contributed by atoms with van der Waals surface area (Å²) in [5.74, 6) is 1.27. The highest BCUT2D eigenvalue weighted by Gasteiger charge is 2.36. The molecule has 0 saturated carbocycles. The molecule has 78 valence electrons. The molecule has 0 radical (unpaired) electrons. The Balaban J connectivity index is 2.18. The first-order valence-electron chi connectivity index (χ1n) is 5.06. The molecule has 0 amide bonds. The summed E-state index contributed by atoms with van der Waals surface area (Å²) in [6.07, 6.45) is 2.58. The molecule has 1 aliphatic rings. The normalized spacial score (nSPS) is 29.4. The van der Waals surface area contributed by atoms with Gasteiger partial charge in [-0.05, 0) is 49.5 Å². The largest absolute Gasteiger partial charge is 0.323 e.